The van der Waals surface area contributed by atoms with Gasteiger partial charge in [0.25, 0.3) is 5.91 Å². The van der Waals surface area contributed by atoms with Crippen molar-refractivity contribution in [2.24, 2.45) is 7.05 Å². The Balaban J connectivity index is 1.83. The number of anilines is 1. The molecule has 3 aromatic heterocycles. The van der Waals surface area contributed by atoms with Gasteiger partial charge in [-0.25, -0.2) is 4.98 Å². The normalized spacial score (nSPS) is 11.6. The Bertz CT molecular complexity index is 931. The van der Waals surface area contributed by atoms with E-state index in [-0.39, 0.29) is 16.5 Å². The third kappa shape index (κ3) is 3.53. The second-order valence-electron chi connectivity index (χ2n) is 5.19. The van der Waals surface area contributed by atoms with Crippen molar-refractivity contribution in [3.05, 3.63) is 47.5 Å². The fraction of sp³-hybridized carbons (Fsp3) is 0.200. The van der Waals surface area contributed by atoms with Crippen molar-refractivity contribution in [3.63, 3.8) is 0 Å². The minimum atomic E-state index is -4.52. The van der Waals surface area contributed by atoms with Crippen LogP contribution in [0.1, 0.15) is 21.7 Å². The fourth-order valence-corrected chi connectivity index (χ4v) is 3.02. The molecule has 0 bridgehead atoms. The van der Waals surface area contributed by atoms with Gasteiger partial charge in [0, 0.05) is 19.4 Å². The van der Waals surface area contributed by atoms with Gasteiger partial charge in [0.1, 0.15) is 5.69 Å². The van der Waals surface area contributed by atoms with E-state index in [1.807, 2.05) is 0 Å². The van der Waals surface area contributed by atoms with Crippen LogP contribution < -0.4 is 5.32 Å². The summed E-state index contributed by atoms with van der Waals surface area (Å²) in [4.78, 5) is 20.7. The van der Waals surface area contributed by atoms with Crippen LogP contribution >= 0.6 is 11.3 Å². The van der Waals surface area contributed by atoms with Crippen molar-refractivity contribution >= 4 is 22.4 Å². The summed E-state index contributed by atoms with van der Waals surface area (Å²) in [7, 11) is 1.42. The summed E-state index contributed by atoms with van der Waals surface area (Å²) in [5, 5.41) is 6.32. The number of halogens is 3. The van der Waals surface area contributed by atoms with Crippen molar-refractivity contribution in [2.75, 3.05) is 5.32 Å². The van der Waals surface area contributed by atoms with Crippen molar-refractivity contribution < 1.29 is 18.0 Å². The van der Waals surface area contributed by atoms with E-state index in [2.05, 4.69) is 20.4 Å². The Labute approximate surface area is 144 Å². The number of alkyl halides is 3. The molecule has 10 heteroatoms. The zero-order valence-corrected chi connectivity index (χ0v) is 13.9. The van der Waals surface area contributed by atoms with Crippen LogP contribution in [0.15, 0.2) is 30.6 Å². The van der Waals surface area contributed by atoms with E-state index in [0.717, 1.165) is 22.1 Å². The van der Waals surface area contributed by atoms with E-state index in [9.17, 15) is 18.0 Å². The number of amides is 1. The average molecular weight is 367 g/mol. The molecule has 0 aromatic carbocycles. The van der Waals surface area contributed by atoms with Gasteiger partial charge in [0.05, 0.1) is 10.6 Å². The molecule has 6 nitrogen and oxygen atoms in total. The molecule has 3 heterocycles. The van der Waals surface area contributed by atoms with Gasteiger partial charge in [-0.15, -0.1) is 0 Å². The largest absolute Gasteiger partial charge is 0.435 e. The van der Waals surface area contributed by atoms with Crippen molar-refractivity contribution in [1.29, 1.82) is 0 Å². The SMILES string of the molecule is Cc1cccnc1C(=O)Nc1ncc(-c2cc(C(F)(F)F)nn2C)s1. The summed E-state index contributed by atoms with van der Waals surface area (Å²) in [6.07, 6.45) is -1.62. The Morgan fingerprint density at radius 1 is 1.32 bits per heavy atom. The molecule has 0 saturated carbocycles. The third-order valence-electron chi connectivity index (χ3n) is 3.37. The third-order valence-corrected chi connectivity index (χ3v) is 4.31. The number of rotatable bonds is 3. The number of thiazole rings is 1. The molecule has 0 spiro atoms. The van der Waals surface area contributed by atoms with Crippen molar-refractivity contribution in [3.8, 4) is 10.6 Å². The Hall–Kier alpha value is -2.75. The first-order chi connectivity index (χ1) is 11.8. The van der Waals surface area contributed by atoms with Crippen LogP contribution in [0.5, 0.6) is 0 Å². The van der Waals surface area contributed by atoms with E-state index < -0.39 is 17.8 Å². The highest BCUT2D eigenvalue weighted by Crippen LogP contribution is 2.34. The van der Waals surface area contributed by atoms with Crippen LogP contribution in [0.25, 0.3) is 10.6 Å². The lowest BCUT2D eigenvalue weighted by atomic mass is 10.2. The number of hydrogen-bond acceptors (Lipinski definition) is 5. The van der Waals surface area contributed by atoms with Crippen LogP contribution in [0.3, 0.4) is 0 Å². The maximum absolute atomic E-state index is 12.7. The van der Waals surface area contributed by atoms with E-state index in [4.69, 9.17) is 0 Å². The molecule has 3 rings (SSSR count). The van der Waals surface area contributed by atoms with Gasteiger partial charge in [-0.2, -0.15) is 18.3 Å². The first-order valence-corrected chi connectivity index (χ1v) is 7.88. The molecule has 0 fully saturated rings. The molecular formula is C15H12F3N5OS. The second kappa shape index (κ2) is 6.28. The maximum atomic E-state index is 12.7. The molecule has 0 aliphatic carbocycles. The molecule has 25 heavy (non-hydrogen) atoms. The minimum Gasteiger partial charge on any atom is -0.296 e. The Morgan fingerprint density at radius 3 is 2.72 bits per heavy atom. The topological polar surface area (TPSA) is 72.7 Å². The van der Waals surface area contributed by atoms with E-state index in [0.29, 0.717) is 10.4 Å². The summed E-state index contributed by atoms with van der Waals surface area (Å²) in [6, 6.07) is 4.42. The summed E-state index contributed by atoms with van der Waals surface area (Å²) in [5.74, 6) is -0.431. The monoisotopic (exact) mass is 367 g/mol. The standard InChI is InChI=1S/C15H12F3N5OS/c1-8-4-3-5-19-12(8)13(24)21-14-20-7-10(25-14)9-6-11(15(16,17)18)22-23(9)2/h3-7H,1-2H3,(H,20,21,24). The van der Waals surface area contributed by atoms with Gasteiger partial charge in [-0.1, -0.05) is 17.4 Å². The summed E-state index contributed by atoms with van der Waals surface area (Å²) in [5.41, 5.74) is 0.254. The molecule has 0 radical (unpaired) electrons. The number of pyridine rings is 1. The highest BCUT2D eigenvalue weighted by Gasteiger charge is 2.34. The average Bonchev–Trinajstić information content (AvgIpc) is 3.13. The molecule has 0 saturated heterocycles. The predicted octanol–water partition coefficient (Wildman–Crippen LogP) is 3.52. The van der Waals surface area contributed by atoms with Crippen LogP contribution in [0.4, 0.5) is 18.3 Å². The lowest BCUT2D eigenvalue weighted by Crippen LogP contribution is -2.14. The molecule has 0 unspecified atom stereocenters. The number of aryl methyl sites for hydroxylation is 2. The smallest absolute Gasteiger partial charge is 0.296 e. The highest BCUT2D eigenvalue weighted by atomic mass is 32.1. The van der Waals surface area contributed by atoms with Crippen LogP contribution in [-0.4, -0.2) is 25.7 Å². The quantitative estimate of drug-likeness (QED) is 0.769. The second-order valence-corrected chi connectivity index (χ2v) is 6.22. The zero-order valence-electron chi connectivity index (χ0n) is 13.1. The maximum Gasteiger partial charge on any atom is 0.435 e. The Morgan fingerprint density at radius 2 is 2.08 bits per heavy atom. The fourth-order valence-electron chi connectivity index (χ4n) is 2.17. The number of carbonyl (C=O) groups excluding carboxylic acids is 1. The van der Waals surface area contributed by atoms with E-state index >= 15 is 0 Å². The zero-order chi connectivity index (χ0) is 18.2. The van der Waals surface area contributed by atoms with Gasteiger partial charge in [0.2, 0.25) is 0 Å². The van der Waals surface area contributed by atoms with Crippen LogP contribution in [0.2, 0.25) is 0 Å². The number of nitrogens with one attached hydrogen (secondary N) is 1. The van der Waals surface area contributed by atoms with Crippen molar-refractivity contribution in [2.45, 2.75) is 13.1 Å². The molecule has 0 aliphatic heterocycles. The summed E-state index contributed by atoms with van der Waals surface area (Å²) < 4.78 is 39.4. The first kappa shape index (κ1) is 17.1. The van der Waals surface area contributed by atoms with Gasteiger partial charge >= 0.3 is 6.18 Å². The van der Waals surface area contributed by atoms with Crippen LogP contribution in [0, 0.1) is 6.92 Å². The minimum absolute atomic E-state index is 0.263. The molecule has 0 aliphatic rings. The van der Waals surface area contributed by atoms with E-state index in [1.165, 1.54) is 19.4 Å². The number of carbonyl (C=O) groups is 1. The predicted molar refractivity (Wildman–Crippen MR) is 86.2 cm³/mol. The summed E-state index contributed by atoms with van der Waals surface area (Å²) in [6.45, 7) is 1.75. The number of nitrogens with zero attached hydrogens (tertiary/aromatic N) is 4. The molecule has 1 N–H and O–H groups in total. The van der Waals surface area contributed by atoms with Gasteiger partial charge in [-0.3, -0.25) is 19.8 Å². The molecule has 1 amide bonds. The molecular weight excluding hydrogens is 355 g/mol. The van der Waals surface area contributed by atoms with Crippen molar-refractivity contribution in [1.82, 2.24) is 19.7 Å². The highest BCUT2D eigenvalue weighted by molar-refractivity contribution is 7.19. The molecule has 0 atom stereocenters. The van der Waals surface area contributed by atoms with Gasteiger partial charge in [-0.05, 0) is 24.6 Å². The Kier molecular flexibility index (Phi) is 4.29. The molecule has 3 aromatic rings. The number of aromatic nitrogens is 4. The lowest BCUT2D eigenvalue weighted by molar-refractivity contribution is -0.141. The first-order valence-electron chi connectivity index (χ1n) is 7.06. The summed E-state index contributed by atoms with van der Waals surface area (Å²) >= 11 is 1.05. The van der Waals surface area contributed by atoms with Gasteiger partial charge < -0.3 is 0 Å². The number of hydrogen-bond donors (Lipinski definition) is 1. The molecule has 130 valence electrons. The lowest BCUT2D eigenvalue weighted by Gasteiger charge is -2.03. The van der Waals surface area contributed by atoms with Crippen LogP contribution in [-0.2, 0) is 13.2 Å². The van der Waals surface area contributed by atoms with Gasteiger partial charge in [0.15, 0.2) is 10.8 Å². The van der Waals surface area contributed by atoms with E-state index in [1.54, 1.807) is 19.1 Å².